The third-order valence-electron chi connectivity index (χ3n) is 4.37. The highest BCUT2D eigenvalue weighted by atomic mass is 32.2. The number of nitrogens with zero attached hydrogens (tertiary/aromatic N) is 1. The number of rotatable bonds is 9. The van der Waals surface area contributed by atoms with E-state index in [1.165, 1.54) is 0 Å². The quantitative estimate of drug-likeness (QED) is 0.334. The summed E-state index contributed by atoms with van der Waals surface area (Å²) in [5.41, 5.74) is 4.10. The monoisotopic (exact) mass is 416 g/mol. The molecule has 1 heterocycles. The molecule has 0 unspecified atom stereocenters. The number of carbonyl (C=O) groups is 1. The van der Waals surface area contributed by atoms with E-state index in [0.717, 1.165) is 29.8 Å². The summed E-state index contributed by atoms with van der Waals surface area (Å²) in [5.74, 6) is -2.61. The number of aromatic nitrogens is 2. The standard InChI is InChI=1S/C21H22F2N4OS/c1-14-15(13-25-27-14)5-4-12-24-20(28)18-6-2-3-7-19(18)26-16-8-10-17(11-9-16)29-21(22)23/h2-3,6-11,13,21,26H,4-5,12H2,1H3,(H,24,28)(H,25,27). The summed E-state index contributed by atoms with van der Waals surface area (Å²) in [4.78, 5) is 13.1. The molecule has 0 bridgehead atoms. The number of nitrogens with one attached hydrogen (secondary N) is 3. The number of hydrogen-bond acceptors (Lipinski definition) is 4. The number of hydrogen-bond donors (Lipinski definition) is 3. The smallest absolute Gasteiger partial charge is 0.288 e. The van der Waals surface area contributed by atoms with Crippen molar-refractivity contribution in [3.8, 4) is 0 Å². The Labute approximate surface area is 172 Å². The lowest BCUT2D eigenvalue weighted by Gasteiger charge is -2.13. The van der Waals surface area contributed by atoms with Crippen LogP contribution < -0.4 is 10.6 Å². The molecule has 0 radical (unpaired) electrons. The lowest BCUT2D eigenvalue weighted by Crippen LogP contribution is -2.25. The summed E-state index contributed by atoms with van der Waals surface area (Å²) in [6, 6.07) is 13.9. The molecule has 3 N–H and O–H groups in total. The number of para-hydroxylation sites is 1. The van der Waals surface area contributed by atoms with Crippen molar-refractivity contribution in [2.24, 2.45) is 0 Å². The molecule has 152 valence electrons. The predicted octanol–water partition coefficient (Wildman–Crippen LogP) is 5.14. The lowest BCUT2D eigenvalue weighted by molar-refractivity contribution is 0.0954. The van der Waals surface area contributed by atoms with Crippen LogP contribution in [0.25, 0.3) is 0 Å². The highest BCUT2D eigenvalue weighted by Crippen LogP contribution is 2.27. The number of halogens is 2. The fourth-order valence-electron chi connectivity index (χ4n) is 2.87. The van der Waals surface area contributed by atoms with E-state index in [2.05, 4.69) is 20.8 Å². The molecule has 0 atom stereocenters. The van der Waals surface area contributed by atoms with E-state index in [0.29, 0.717) is 34.5 Å². The number of carbonyl (C=O) groups excluding carboxylic acids is 1. The van der Waals surface area contributed by atoms with Crippen LogP contribution in [0.3, 0.4) is 0 Å². The van der Waals surface area contributed by atoms with Gasteiger partial charge in [-0.1, -0.05) is 23.9 Å². The number of amides is 1. The molecule has 0 aliphatic heterocycles. The van der Waals surface area contributed by atoms with Gasteiger partial charge in [0.05, 0.1) is 17.4 Å². The Morgan fingerprint density at radius 2 is 1.93 bits per heavy atom. The van der Waals surface area contributed by atoms with Gasteiger partial charge in [0.1, 0.15) is 0 Å². The van der Waals surface area contributed by atoms with Gasteiger partial charge in [-0.25, -0.2) is 0 Å². The van der Waals surface area contributed by atoms with Crippen molar-refractivity contribution in [3.05, 3.63) is 71.5 Å². The van der Waals surface area contributed by atoms with Gasteiger partial charge in [-0.3, -0.25) is 9.89 Å². The molecule has 0 spiro atoms. The van der Waals surface area contributed by atoms with Crippen molar-refractivity contribution in [3.63, 3.8) is 0 Å². The number of alkyl halides is 2. The van der Waals surface area contributed by atoms with Gasteiger partial charge in [0.15, 0.2) is 0 Å². The Kier molecular flexibility index (Phi) is 7.24. The van der Waals surface area contributed by atoms with Crippen molar-refractivity contribution in [2.75, 3.05) is 11.9 Å². The summed E-state index contributed by atoms with van der Waals surface area (Å²) in [6.45, 7) is 2.53. The van der Waals surface area contributed by atoms with Crippen LogP contribution in [-0.4, -0.2) is 28.4 Å². The molecule has 0 aliphatic carbocycles. The van der Waals surface area contributed by atoms with Gasteiger partial charge in [0, 0.05) is 22.8 Å². The molecule has 0 aliphatic rings. The largest absolute Gasteiger partial charge is 0.355 e. The first-order valence-corrected chi connectivity index (χ1v) is 10.1. The molecule has 0 fully saturated rings. The Morgan fingerprint density at radius 3 is 2.62 bits per heavy atom. The zero-order chi connectivity index (χ0) is 20.6. The minimum absolute atomic E-state index is 0.165. The molecule has 29 heavy (non-hydrogen) atoms. The number of H-pyrrole nitrogens is 1. The maximum absolute atomic E-state index is 12.6. The second-order valence-corrected chi connectivity index (χ2v) is 7.52. The van der Waals surface area contributed by atoms with Gasteiger partial charge in [0.25, 0.3) is 11.7 Å². The zero-order valence-electron chi connectivity index (χ0n) is 15.9. The maximum Gasteiger partial charge on any atom is 0.288 e. The topological polar surface area (TPSA) is 69.8 Å². The van der Waals surface area contributed by atoms with Gasteiger partial charge in [-0.2, -0.15) is 13.9 Å². The van der Waals surface area contributed by atoms with Crippen LogP contribution in [0.5, 0.6) is 0 Å². The molecule has 3 aromatic rings. The van der Waals surface area contributed by atoms with Gasteiger partial charge < -0.3 is 10.6 Å². The Morgan fingerprint density at radius 1 is 1.17 bits per heavy atom. The Balaban J connectivity index is 1.57. The summed E-state index contributed by atoms with van der Waals surface area (Å²) < 4.78 is 24.9. The van der Waals surface area contributed by atoms with E-state index in [9.17, 15) is 13.6 Å². The van der Waals surface area contributed by atoms with Crippen molar-refractivity contribution in [2.45, 2.75) is 30.4 Å². The molecule has 1 aromatic heterocycles. The van der Waals surface area contributed by atoms with Crippen molar-refractivity contribution < 1.29 is 13.6 Å². The first-order valence-electron chi connectivity index (χ1n) is 9.21. The third-order valence-corrected chi connectivity index (χ3v) is 5.10. The summed E-state index contributed by atoms with van der Waals surface area (Å²) in [7, 11) is 0. The molecule has 0 saturated heterocycles. The minimum atomic E-state index is -2.45. The number of anilines is 2. The summed E-state index contributed by atoms with van der Waals surface area (Å²) in [6.07, 6.45) is 3.46. The van der Waals surface area contributed by atoms with Gasteiger partial charge in [-0.05, 0) is 61.7 Å². The lowest BCUT2D eigenvalue weighted by atomic mass is 10.1. The predicted molar refractivity (Wildman–Crippen MR) is 112 cm³/mol. The Bertz CT molecular complexity index is 944. The first kappa shape index (κ1) is 20.9. The van der Waals surface area contributed by atoms with Gasteiger partial charge >= 0.3 is 0 Å². The maximum atomic E-state index is 12.6. The molecule has 5 nitrogen and oxygen atoms in total. The van der Waals surface area contributed by atoms with Crippen LogP contribution in [0.15, 0.2) is 59.6 Å². The Hall–Kier alpha value is -2.87. The minimum Gasteiger partial charge on any atom is -0.355 e. The van der Waals surface area contributed by atoms with E-state index >= 15 is 0 Å². The van der Waals surface area contributed by atoms with Crippen molar-refractivity contribution >= 4 is 29.0 Å². The van der Waals surface area contributed by atoms with Crippen molar-refractivity contribution in [1.82, 2.24) is 15.5 Å². The summed E-state index contributed by atoms with van der Waals surface area (Å²) in [5, 5.41) is 13.0. The normalized spacial score (nSPS) is 10.9. The number of thioether (sulfide) groups is 1. The highest BCUT2D eigenvalue weighted by Gasteiger charge is 2.11. The van der Waals surface area contributed by atoms with Crippen LogP contribution >= 0.6 is 11.8 Å². The van der Waals surface area contributed by atoms with Crippen LogP contribution in [0, 0.1) is 6.92 Å². The average molecular weight is 416 g/mol. The SMILES string of the molecule is Cc1[nH]ncc1CCCNC(=O)c1ccccc1Nc1ccc(SC(F)F)cc1. The van der Waals surface area contributed by atoms with Crippen LogP contribution in [-0.2, 0) is 6.42 Å². The van der Waals surface area contributed by atoms with E-state index < -0.39 is 5.76 Å². The van der Waals surface area contributed by atoms with Gasteiger partial charge in [-0.15, -0.1) is 0 Å². The fraction of sp³-hybridized carbons (Fsp3) is 0.238. The molecule has 2 aromatic carbocycles. The molecule has 1 amide bonds. The van der Waals surface area contributed by atoms with Crippen LogP contribution in [0.2, 0.25) is 0 Å². The zero-order valence-corrected chi connectivity index (χ0v) is 16.7. The molecule has 3 rings (SSSR count). The third kappa shape index (κ3) is 6.05. The second-order valence-electron chi connectivity index (χ2n) is 6.45. The fourth-order valence-corrected chi connectivity index (χ4v) is 3.37. The van der Waals surface area contributed by atoms with Crippen LogP contribution in [0.1, 0.15) is 28.0 Å². The first-order chi connectivity index (χ1) is 14.0. The van der Waals surface area contributed by atoms with E-state index in [4.69, 9.17) is 0 Å². The van der Waals surface area contributed by atoms with Crippen LogP contribution in [0.4, 0.5) is 20.2 Å². The molecule has 8 heteroatoms. The second kappa shape index (κ2) is 10.1. The number of aromatic amines is 1. The molecule has 0 saturated carbocycles. The van der Waals surface area contributed by atoms with E-state index in [1.54, 1.807) is 36.4 Å². The van der Waals surface area contributed by atoms with E-state index in [1.807, 2.05) is 25.3 Å². The van der Waals surface area contributed by atoms with Gasteiger partial charge in [0.2, 0.25) is 0 Å². The molecular weight excluding hydrogens is 394 g/mol. The van der Waals surface area contributed by atoms with E-state index in [-0.39, 0.29) is 5.91 Å². The average Bonchev–Trinajstić information content (AvgIpc) is 3.11. The highest BCUT2D eigenvalue weighted by molar-refractivity contribution is 7.99. The van der Waals surface area contributed by atoms with Crippen molar-refractivity contribution in [1.29, 1.82) is 0 Å². The molecular formula is C21H22F2N4OS. The number of benzene rings is 2. The number of aryl methyl sites for hydroxylation is 2. The summed E-state index contributed by atoms with van der Waals surface area (Å²) >= 11 is 0.501.